The van der Waals surface area contributed by atoms with Crippen LogP contribution in [0.15, 0.2) is 36.5 Å². The van der Waals surface area contributed by atoms with Crippen molar-refractivity contribution in [2.45, 2.75) is 27.2 Å². The van der Waals surface area contributed by atoms with Crippen LogP contribution in [0.2, 0.25) is 0 Å². The molecule has 2 rings (SSSR count). The smallest absolute Gasteiger partial charge is 0.313 e. The van der Waals surface area contributed by atoms with Gasteiger partial charge in [-0.15, -0.1) is 0 Å². The summed E-state index contributed by atoms with van der Waals surface area (Å²) in [5.74, 6) is -1.31. The molecule has 0 unspecified atom stereocenters. The highest BCUT2D eigenvalue weighted by atomic mass is 16.2. The van der Waals surface area contributed by atoms with Crippen LogP contribution >= 0.6 is 0 Å². The van der Waals surface area contributed by atoms with Crippen molar-refractivity contribution >= 4 is 17.5 Å². The molecule has 2 amide bonds. The number of carbonyl (C=O) groups is 2. The molecule has 5 heteroatoms. The molecule has 0 aliphatic rings. The van der Waals surface area contributed by atoms with Gasteiger partial charge in [0.05, 0.1) is 0 Å². The van der Waals surface area contributed by atoms with Crippen LogP contribution in [0.25, 0.3) is 0 Å². The van der Waals surface area contributed by atoms with Crippen LogP contribution < -0.4 is 10.6 Å². The Labute approximate surface area is 136 Å². The predicted octanol–water partition coefficient (Wildman–Crippen LogP) is 2.30. The molecular weight excluding hydrogens is 290 g/mol. The number of nitrogens with zero attached hydrogens (tertiary/aromatic N) is 1. The van der Waals surface area contributed by atoms with Crippen molar-refractivity contribution < 1.29 is 9.59 Å². The maximum absolute atomic E-state index is 11.8. The maximum Gasteiger partial charge on any atom is 0.313 e. The first-order valence-corrected chi connectivity index (χ1v) is 7.53. The van der Waals surface area contributed by atoms with E-state index < -0.39 is 11.8 Å². The van der Waals surface area contributed by atoms with Crippen molar-refractivity contribution in [3.63, 3.8) is 0 Å². The quantitative estimate of drug-likeness (QED) is 0.851. The summed E-state index contributed by atoms with van der Waals surface area (Å²) < 4.78 is 0. The first-order valence-electron chi connectivity index (χ1n) is 7.53. The minimum atomic E-state index is -0.670. The lowest BCUT2D eigenvalue weighted by molar-refractivity contribution is -0.136. The van der Waals surface area contributed by atoms with E-state index in [1.807, 2.05) is 26.8 Å². The summed E-state index contributed by atoms with van der Waals surface area (Å²) in [4.78, 5) is 27.7. The Morgan fingerprint density at radius 3 is 2.52 bits per heavy atom. The number of amides is 2. The van der Waals surface area contributed by atoms with E-state index in [0.29, 0.717) is 18.7 Å². The van der Waals surface area contributed by atoms with Gasteiger partial charge in [-0.1, -0.05) is 23.8 Å². The first-order chi connectivity index (χ1) is 11.0. The summed E-state index contributed by atoms with van der Waals surface area (Å²) in [6, 6.07) is 9.56. The van der Waals surface area contributed by atoms with Gasteiger partial charge < -0.3 is 10.6 Å². The summed E-state index contributed by atoms with van der Waals surface area (Å²) in [5.41, 5.74) is 4.91. The van der Waals surface area contributed by atoms with Crippen LogP contribution in [0, 0.1) is 20.8 Å². The first kappa shape index (κ1) is 16.7. The average molecular weight is 311 g/mol. The maximum atomic E-state index is 11.8. The van der Waals surface area contributed by atoms with E-state index in [-0.39, 0.29) is 0 Å². The summed E-state index contributed by atoms with van der Waals surface area (Å²) in [5, 5.41) is 5.20. The Kier molecular flexibility index (Phi) is 5.46. The molecule has 0 fully saturated rings. The molecule has 0 bridgehead atoms. The van der Waals surface area contributed by atoms with Crippen LogP contribution in [0.3, 0.4) is 0 Å². The van der Waals surface area contributed by atoms with E-state index in [2.05, 4.69) is 27.8 Å². The van der Waals surface area contributed by atoms with Gasteiger partial charge in [-0.25, -0.2) is 0 Å². The van der Waals surface area contributed by atoms with Crippen LogP contribution in [-0.2, 0) is 16.0 Å². The number of benzene rings is 1. The molecule has 1 aromatic carbocycles. The summed E-state index contributed by atoms with van der Waals surface area (Å²) in [6.07, 6.45) is 2.28. The number of aryl methyl sites for hydroxylation is 3. The Bertz CT molecular complexity index is 726. The number of anilines is 1. The molecule has 1 aromatic heterocycles. The zero-order valence-corrected chi connectivity index (χ0v) is 13.6. The van der Waals surface area contributed by atoms with Crippen molar-refractivity contribution in [3.05, 3.63) is 58.9 Å². The third-order valence-corrected chi connectivity index (χ3v) is 3.54. The molecule has 0 aliphatic carbocycles. The van der Waals surface area contributed by atoms with Crippen molar-refractivity contribution in [2.75, 3.05) is 11.9 Å². The van der Waals surface area contributed by atoms with E-state index in [1.54, 1.807) is 18.3 Å². The lowest BCUT2D eigenvalue weighted by Gasteiger charge is -2.09. The van der Waals surface area contributed by atoms with Gasteiger partial charge in [0.15, 0.2) is 0 Å². The molecule has 0 spiro atoms. The Hall–Kier alpha value is -2.69. The number of nitrogens with one attached hydrogen (secondary N) is 2. The second kappa shape index (κ2) is 7.54. The molecule has 5 nitrogen and oxygen atoms in total. The topological polar surface area (TPSA) is 71.1 Å². The van der Waals surface area contributed by atoms with Gasteiger partial charge in [-0.2, -0.15) is 0 Å². The molecule has 0 saturated carbocycles. The zero-order chi connectivity index (χ0) is 16.8. The fraction of sp³-hybridized carbons (Fsp3) is 0.278. The predicted molar refractivity (Wildman–Crippen MR) is 90.2 cm³/mol. The standard InChI is InChI=1S/C18H21N3O2/c1-12-4-5-15(13(2)10-12)6-8-20-17(22)18(23)21-16-7-9-19-14(3)11-16/h4-5,7,9-11H,6,8H2,1-3H3,(H,20,22)(H,19,21,23). The molecule has 0 saturated heterocycles. The largest absolute Gasteiger partial charge is 0.347 e. The monoisotopic (exact) mass is 311 g/mol. The van der Waals surface area contributed by atoms with Gasteiger partial charge in [-0.05, 0) is 50.5 Å². The molecule has 2 aromatic rings. The van der Waals surface area contributed by atoms with E-state index in [4.69, 9.17) is 0 Å². The molecule has 0 aliphatic heterocycles. The Balaban J connectivity index is 1.83. The van der Waals surface area contributed by atoms with Gasteiger partial charge in [0, 0.05) is 24.1 Å². The van der Waals surface area contributed by atoms with Crippen molar-refractivity contribution in [3.8, 4) is 0 Å². The molecule has 120 valence electrons. The van der Waals surface area contributed by atoms with E-state index >= 15 is 0 Å². The van der Waals surface area contributed by atoms with Crippen molar-refractivity contribution in [2.24, 2.45) is 0 Å². The van der Waals surface area contributed by atoms with E-state index in [1.165, 1.54) is 16.7 Å². The SMILES string of the molecule is Cc1ccc(CCNC(=O)C(=O)Nc2ccnc(C)c2)c(C)c1. The lowest BCUT2D eigenvalue weighted by atomic mass is 10.0. The van der Waals surface area contributed by atoms with Crippen LogP contribution in [0.4, 0.5) is 5.69 Å². The summed E-state index contributed by atoms with van der Waals surface area (Å²) in [7, 11) is 0. The number of carbonyl (C=O) groups excluding carboxylic acids is 2. The number of aromatic nitrogens is 1. The third kappa shape index (κ3) is 4.92. The molecule has 1 heterocycles. The average Bonchev–Trinajstić information content (AvgIpc) is 2.49. The molecule has 0 atom stereocenters. The second-order valence-electron chi connectivity index (χ2n) is 5.58. The van der Waals surface area contributed by atoms with Crippen LogP contribution in [-0.4, -0.2) is 23.3 Å². The van der Waals surface area contributed by atoms with Gasteiger partial charge in [0.25, 0.3) is 0 Å². The number of rotatable bonds is 4. The number of pyridine rings is 1. The van der Waals surface area contributed by atoms with Crippen LogP contribution in [0.1, 0.15) is 22.4 Å². The fourth-order valence-electron chi connectivity index (χ4n) is 2.33. The molecule has 0 radical (unpaired) electrons. The Morgan fingerprint density at radius 1 is 1.04 bits per heavy atom. The van der Waals surface area contributed by atoms with E-state index in [0.717, 1.165) is 5.69 Å². The van der Waals surface area contributed by atoms with Crippen molar-refractivity contribution in [1.29, 1.82) is 0 Å². The van der Waals surface area contributed by atoms with Gasteiger partial charge >= 0.3 is 11.8 Å². The number of hydrogen-bond acceptors (Lipinski definition) is 3. The normalized spacial score (nSPS) is 10.2. The molecule has 2 N–H and O–H groups in total. The van der Waals surface area contributed by atoms with Crippen LogP contribution in [0.5, 0.6) is 0 Å². The highest BCUT2D eigenvalue weighted by molar-refractivity contribution is 6.39. The second-order valence-corrected chi connectivity index (χ2v) is 5.58. The molecule has 23 heavy (non-hydrogen) atoms. The minimum Gasteiger partial charge on any atom is -0.347 e. The zero-order valence-electron chi connectivity index (χ0n) is 13.6. The molecular formula is C18H21N3O2. The van der Waals surface area contributed by atoms with E-state index in [9.17, 15) is 9.59 Å². The van der Waals surface area contributed by atoms with Gasteiger partial charge in [0.1, 0.15) is 0 Å². The van der Waals surface area contributed by atoms with Crippen molar-refractivity contribution in [1.82, 2.24) is 10.3 Å². The number of hydrogen-bond donors (Lipinski definition) is 2. The summed E-state index contributed by atoms with van der Waals surface area (Å²) >= 11 is 0. The van der Waals surface area contributed by atoms with Gasteiger partial charge in [0.2, 0.25) is 0 Å². The highest BCUT2D eigenvalue weighted by Crippen LogP contribution is 2.10. The Morgan fingerprint density at radius 2 is 1.83 bits per heavy atom. The summed E-state index contributed by atoms with van der Waals surface area (Å²) in [6.45, 7) is 6.33. The van der Waals surface area contributed by atoms with Gasteiger partial charge in [-0.3, -0.25) is 14.6 Å². The third-order valence-electron chi connectivity index (χ3n) is 3.54. The fourth-order valence-corrected chi connectivity index (χ4v) is 2.33. The minimum absolute atomic E-state index is 0.422. The lowest BCUT2D eigenvalue weighted by Crippen LogP contribution is -2.36. The highest BCUT2D eigenvalue weighted by Gasteiger charge is 2.13.